The number of anilines is 1. The molecule has 2 heterocycles. The van der Waals surface area contributed by atoms with E-state index in [1.165, 1.54) is 4.90 Å². The monoisotopic (exact) mass is 355 g/mol. The fourth-order valence-corrected chi connectivity index (χ4v) is 3.19. The lowest BCUT2D eigenvalue weighted by Gasteiger charge is -2.31. The first-order chi connectivity index (χ1) is 12.5. The van der Waals surface area contributed by atoms with Crippen LogP contribution in [0.15, 0.2) is 54.9 Å². The largest absolute Gasteiger partial charge is 0.306 e. The molecule has 1 aromatic carbocycles. The average molecular weight is 355 g/mol. The van der Waals surface area contributed by atoms with Crippen LogP contribution in [0.2, 0.25) is 0 Å². The molecule has 0 bridgehead atoms. The van der Waals surface area contributed by atoms with Crippen molar-refractivity contribution < 1.29 is 13.6 Å². The van der Waals surface area contributed by atoms with Gasteiger partial charge < -0.3 is 4.90 Å². The third-order valence-corrected chi connectivity index (χ3v) is 4.60. The lowest BCUT2D eigenvalue weighted by molar-refractivity contribution is -0.112. The molecule has 0 aliphatic carbocycles. The third kappa shape index (κ3) is 3.54. The number of carbonyl (C=O) groups is 1. The van der Waals surface area contributed by atoms with E-state index in [1.54, 1.807) is 36.7 Å². The molecule has 0 saturated carbocycles. The lowest BCUT2D eigenvalue weighted by Crippen LogP contribution is -2.40. The van der Waals surface area contributed by atoms with Gasteiger partial charge in [-0.1, -0.05) is 31.2 Å². The predicted molar refractivity (Wildman–Crippen MR) is 97.5 cm³/mol. The first kappa shape index (κ1) is 17.9. The van der Waals surface area contributed by atoms with Crippen LogP contribution in [0.4, 0.5) is 14.5 Å². The molecule has 134 valence electrons. The summed E-state index contributed by atoms with van der Waals surface area (Å²) in [4.78, 5) is 18.3. The molecule has 1 N–H and O–H groups in total. The summed E-state index contributed by atoms with van der Waals surface area (Å²) in [5, 5.41) is 8.22. The van der Waals surface area contributed by atoms with E-state index < -0.39 is 12.0 Å². The molecule has 26 heavy (non-hydrogen) atoms. The Labute approximate surface area is 150 Å². The van der Waals surface area contributed by atoms with Crippen molar-refractivity contribution >= 4 is 22.9 Å². The van der Waals surface area contributed by atoms with Gasteiger partial charge in [-0.15, -0.1) is 0 Å². The second-order valence-electron chi connectivity index (χ2n) is 6.33. The molecule has 0 saturated heterocycles. The molecule has 1 aliphatic rings. The topological polar surface area (TPSA) is 57.1 Å². The Morgan fingerprint density at radius 1 is 1.27 bits per heavy atom. The fraction of sp³-hybridized carbons (Fsp3) is 0.250. The van der Waals surface area contributed by atoms with Gasteiger partial charge in [0.1, 0.15) is 0 Å². The zero-order valence-electron chi connectivity index (χ0n) is 14.4. The van der Waals surface area contributed by atoms with Crippen LogP contribution in [-0.4, -0.2) is 23.1 Å². The van der Waals surface area contributed by atoms with Crippen molar-refractivity contribution in [2.75, 3.05) is 11.4 Å². The number of halogens is 2. The van der Waals surface area contributed by atoms with Crippen molar-refractivity contribution in [1.82, 2.24) is 4.98 Å². The lowest BCUT2D eigenvalue weighted by atomic mass is 9.94. The third-order valence-electron chi connectivity index (χ3n) is 4.60. The summed E-state index contributed by atoms with van der Waals surface area (Å²) in [5.41, 5.74) is 1.68. The van der Waals surface area contributed by atoms with Gasteiger partial charge in [0.2, 0.25) is 0 Å². The van der Waals surface area contributed by atoms with Gasteiger partial charge in [-0.05, 0) is 30.0 Å². The van der Waals surface area contributed by atoms with Crippen LogP contribution in [0.25, 0.3) is 5.57 Å². The molecular weight excluding hydrogens is 336 g/mol. The number of aromatic nitrogens is 1. The molecule has 3 rings (SSSR count). The SMILES string of the molecule is CC(CC(=N)C(=O)N1CCC(=C(F)F)c2ccccc21)c1cccnc1. The van der Waals surface area contributed by atoms with Crippen molar-refractivity contribution in [3.63, 3.8) is 0 Å². The second-order valence-corrected chi connectivity index (χ2v) is 6.33. The van der Waals surface area contributed by atoms with Gasteiger partial charge in [0, 0.05) is 36.5 Å². The molecule has 1 amide bonds. The molecule has 4 nitrogen and oxygen atoms in total. The summed E-state index contributed by atoms with van der Waals surface area (Å²) in [7, 11) is 0. The van der Waals surface area contributed by atoms with Crippen LogP contribution < -0.4 is 4.90 Å². The van der Waals surface area contributed by atoms with Crippen LogP contribution in [0.1, 0.15) is 36.8 Å². The van der Waals surface area contributed by atoms with Crippen molar-refractivity contribution in [2.24, 2.45) is 0 Å². The van der Waals surface area contributed by atoms with E-state index in [9.17, 15) is 13.6 Å². The van der Waals surface area contributed by atoms with Gasteiger partial charge in [-0.3, -0.25) is 15.2 Å². The van der Waals surface area contributed by atoms with Gasteiger partial charge in [0.25, 0.3) is 12.0 Å². The van der Waals surface area contributed by atoms with Crippen molar-refractivity contribution in [2.45, 2.75) is 25.7 Å². The maximum Gasteiger partial charge on any atom is 0.274 e. The van der Waals surface area contributed by atoms with Crippen molar-refractivity contribution in [3.05, 3.63) is 66.0 Å². The summed E-state index contributed by atoms with van der Waals surface area (Å²) in [6.45, 7) is 2.08. The zero-order chi connectivity index (χ0) is 18.7. The first-order valence-electron chi connectivity index (χ1n) is 8.41. The molecule has 1 aliphatic heterocycles. The Balaban J connectivity index is 1.81. The van der Waals surface area contributed by atoms with Gasteiger partial charge >= 0.3 is 0 Å². The summed E-state index contributed by atoms with van der Waals surface area (Å²) in [5.74, 6) is -0.467. The van der Waals surface area contributed by atoms with Crippen molar-refractivity contribution in [3.8, 4) is 0 Å². The van der Waals surface area contributed by atoms with Crippen molar-refractivity contribution in [1.29, 1.82) is 5.41 Å². The molecule has 0 fully saturated rings. The van der Waals surface area contributed by atoms with E-state index >= 15 is 0 Å². The molecule has 1 atom stereocenters. The molecule has 0 spiro atoms. The second kappa shape index (κ2) is 7.56. The van der Waals surface area contributed by atoms with E-state index in [2.05, 4.69) is 4.98 Å². The number of fused-ring (bicyclic) bond motifs is 1. The maximum absolute atomic E-state index is 13.2. The first-order valence-corrected chi connectivity index (χ1v) is 8.41. The van der Waals surface area contributed by atoms with Gasteiger partial charge in [0.05, 0.1) is 11.4 Å². The minimum Gasteiger partial charge on any atom is -0.306 e. The highest BCUT2D eigenvalue weighted by Crippen LogP contribution is 2.37. The highest BCUT2D eigenvalue weighted by molar-refractivity contribution is 6.43. The molecule has 6 heteroatoms. The molecule has 1 unspecified atom stereocenters. The highest BCUT2D eigenvalue weighted by atomic mass is 19.3. The number of para-hydroxylation sites is 1. The van der Waals surface area contributed by atoms with Gasteiger partial charge in [0.15, 0.2) is 0 Å². The van der Waals surface area contributed by atoms with Gasteiger partial charge in [-0.2, -0.15) is 8.78 Å². The number of amides is 1. The summed E-state index contributed by atoms with van der Waals surface area (Å²) in [6, 6.07) is 10.3. The minimum absolute atomic E-state index is 0.0279. The van der Waals surface area contributed by atoms with E-state index in [4.69, 9.17) is 5.41 Å². The fourth-order valence-electron chi connectivity index (χ4n) is 3.19. The number of nitrogens with one attached hydrogen (secondary N) is 1. The Morgan fingerprint density at radius 3 is 2.73 bits per heavy atom. The summed E-state index contributed by atoms with van der Waals surface area (Å²) in [6.07, 6.45) is 2.02. The zero-order valence-corrected chi connectivity index (χ0v) is 14.4. The number of hydrogen-bond donors (Lipinski definition) is 1. The van der Waals surface area contributed by atoms with E-state index in [-0.39, 0.29) is 36.6 Å². The van der Waals surface area contributed by atoms with E-state index in [0.29, 0.717) is 11.3 Å². The van der Waals surface area contributed by atoms with Crippen LogP contribution in [-0.2, 0) is 4.79 Å². The van der Waals surface area contributed by atoms with E-state index in [1.807, 2.05) is 19.1 Å². The van der Waals surface area contributed by atoms with Crippen LogP contribution in [0, 0.1) is 5.41 Å². The number of hydrogen-bond acceptors (Lipinski definition) is 3. The van der Waals surface area contributed by atoms with Crippen LogP contribution in [0.3, 0.4) is 0 Å². The molecule has 1 aromatic heterocycles. The normalized spacial score (nSPS) is 14.6. The standard InChI is InChI=1S/C20H19F2N3O/c1-13(14-5-4-9-24-12-14)11-17(23)20(26)25-10-8-16(19(21)22)15-6-2-3-7-18(15)25/h2-7,9,12-13,23H,8,10-11H2,1H3. The highest BCUT2D eigenvalue weighted by Gasteiger charge is 2.29. The van der Waals surface area contributed by atoms with Gasteiger partial charge in [-0.25, -0.2) is 0 Å². The summed E-state index contributed by atoms with van der Waals surface area (Å²) < 4.78 is 26.3. The number of carbonyl (C=O) groups excluding carboxylic acids is 1. The molecular formula is C20H19F2N3O. The Morgan fingerprint density at radius 2 is 2.04 bits per heavy atom. The Kier molecular flexibility index (Phi) is 5.21. The predicted octanol–water partition coefficient (Wildman–Crippen LogP) is 4.64. The minimum atomic E-state index is -1.72. The summed E-state index contributed by atoms with van der Waals surface area (Å²) >= 11 is 0. The van der Waals surface area contributed by atoms with Crippen LogP contribution in [0.5, 0.6) is 0 Å². The van der Waals surface area contributed by atoms with Crippen LogP contribution >= 0.6 is 0 Å². The number of benzene rings is 1. The Hall–Kier alpha value is -2.89. The quantitative estimate of drug-likeness (QED) is 0.812. The number of nitrogens with zero attached hydrogens (tertiary/aromatic N) is 2. The molecule has 2 aromatic rings. The Bertz CT molecular complexity index is 860. The number of rotatable bonds is 4. The average Bonchev–Trinajstić information content (AvgIpc) is 2.67. The van der Waals surface area contributed by atoms with E-state index in [0.717, 1.165) is 5.56 Å². The maximum atomic E-state index is 13.2. The molecule has 0 radical (unpaired) electrons. The number of pyridine rings is 1. The smallest absolute Gasteiger partial charge is 0.274 e.